The summed E-state index contributed by atoms with van der Waals surface area (Å²) in [6.07, 6.45) is 8.10. The molecule has 1 aromatic rings. The molecular weight excluding hydrogens is 320 g/mol. The number of amides is 2. The zero-order chi connectivity index (χ0) is 17.2. The molecule has 2 heterocycles. The number of urea groups is 1. The van der Waals surface area contributed by atoms with Crippen LogP contribution in [0.15, 0.2) is 6.20 Å². The minimum absolute atomic E-state index is 0.0322. The molecule has 2 atom stereocenters. The number of aromatic nitrogens is 2. The molecule has 25 heavy (non-hydrogen) atoms. The van der Waals surface area contributed by atoms with Crippen molar-refractivity contribution in [3.63, 3.8) is 0 Å². The zero-order valence-corrected chi connectivity index (χ0v) is 14.7. The van der Waals surface area contributed by atoms with Gasteiger partial charge < -0.3 is 20.1 Å². The fraction of sp³-hybridized carbons (Fsp3) is 0.778. The largest absolute Gasteiger partial charge is 0.394 e. The first-order valence-electron chi connectivity index (χ1n) is 9.56. The Morgan fingerprint density at radius 2 is 2.28 bits per heavy atom. The number of fused-ring (bicyclic) bond motifs is 1. The lowest BCUT2D eigenvalue weighted by Gasteiger charge is -2.30. The maximum Gasteiger partial charge on any atom is 0.318 e. The molecule has 7 nitrogen and oxygen atoms in total. The topological polar surface area (TPSA) is 79.6 Å². The summed E-state index contributed by atoms with van der Waals surface area (Å²) < 4.78 is 7.35. The van der Waals surface area contributed by atoms with Crippen molar-refractivity contribution in [1.29, 1.82) is 0 Å². The summed E-state index contributed by atoms with van der Waals surface area (Å²) in [5.74, 6) is 0.473. The Kier molecular flexibility index (Phi) is 4.94. The maximum atomic E-state index is 12.9. The molecule has 0 aromatic carbocycles. The number of carbonyl (C=O) groups excluding carboxylic acids is 1. The number of hydrogen-bond donors (Lipinski definition) is 2. The number of nitrogens with zero attached hydrogens (tertiary/aromatic N) is 3. The normalized spacial score (nSPS) is 25.6. The van der Waals surface area contributed by atoms with Crippen LogP contribution in [0.25, 0.3) is 0 Å². The molecule has 2 fully saturated rings. The molecule has 138 valence electrons. The van der Waals surface area contributed by atoms with Crippen molar-refractivity contribution in [2.75, 3.05) is 26.4 Å². The molecule has 4 rings (SSSR count). The number of nitrogens with one attached hydrogen (secondary N) is 1. The molecule has 0 spiro atoms. The highest BCUT2D eigenvalue weighted by atomic mass is 16.5. The fourth-order valence-corrected chi connectivity index (χ4v) is 4.08. The molecule has 1 aromatic heterocycles. The molecule has 0 bridgehead atoms. The summed E-state index contributed by atoms with van der Waals surface area (Å²) in [5.41, 5.74) is 2.28. The molecule has 1 saturated heterocycles. The van der Waals surface area contributed by atoms with Gasteiger partial charge in [-0.05, 0) is 38.5 Å². The van der Waals surface area contributed by atoms with E-state index in [9.17, 15) is 9.90 Å². The Balaban J connectivity index is 1.43. The van der Waals surface area contributed by atoms with E-state index < -0.39 is 0 Å². The molecular formula is C18H28N4O3. The van der Waals surface area contributed by atoms with Crippen molar-refractivity contribution in [1.82, 2.24) is 20.0 Å². The summed E-state index contributed by atoms with van der Waals surface area (Å²) in [6.45, 7) is 3.01. The Morgan fingerprint density at radius 1 is 1.40 bits per heavy atom. The molecule has 3 aliphatic rings. The highest BCUT2D eigenvalue weighted by Crippen LogP contribution is 2.32. The Bertz CT molecular complexity index is 607. The Morgan fingerprint density at radius 3 is 3.00 bits per heavy atom. The van der Waals surface area contributed by atoms with E-state index >= 15 is 0 Å². The third kappa shape index (κ3) is 3.67. The van der Waals surface area contributed by atoms with Gasteiger partial charge in [-0.3, -0.25) is 4.68 Å². The van der Waals surface area contributed by atoms with Gasteiger partial charge in [0.2, 0.25) is 0 Å². The monoisotopic (exact) mass is 348 g/mol. The second kappa shape index (κ2) is 7.33. The molecule has 2 aliphatic carbocycles. The minimum Gasteiger partial charge on any atom is -0.394 e. The first-order chi connectivity index (χ1) is 12.3. The van der Waals surface area contributed by atoms with E-state index in [2.05, 4.69) is 10.4 Å². The van der Waals surface area contributed by atoms with Crippen molar-refractivity contribution >= 4 is 6.03 Å². The summed E-state index contributed by atoms with van der Waals surface area (Å²) >= 11 is 0. The number of aliphatic hydroxyl groups excluding tert-OH is 1. The van der Waals surface area contributed by atoms with Gasteiger partial charge in [0.15, 0.2) is 0 Å². The third-order valence-corrected chi connectivity index (χ3v) is 5.60. The van der Waals surface area contributed by atoms with Crippen LogP contribution in [0, 0.1) is 5.92 Å². The zero-order valence-electron chi connectivity index (χ0n) is 14.7. The lowest BCUT2D eigenvalue weighted by atomic mass is 9.93. The standard InChI is InChI=1S/C18H28N4O3/c23-8-7-22-17-3-1-2-16(15(17)10-19-22)20-18(24)21(14-4-5-14)11-13-6-9-25-12-13/h10,13-14,16,23H,1-9,11-12H2,(H,20,24). The van der Waals surface area contributed by atoms with Gasteiger partial charge in [-0.1, -0.05) is 0 Å². The lowest BCUT2D eigenvalue weighted by molar-refractivity contribution is 0.159. The molecule has 2 N–H and O–H groups in total. The predicted molar refractivity (Wildman–Crippen MR) is 92.2 cm³/mol. The van der Waals surface area contributed by atoms with Gasteiger partial charge in [-0.15, -0.1) is 0 Å². The van der Waals surface area contributed by atoms with E-state index in [1.54, 1.807) is 0 Å². The molecule has 0 radical (unpaired) electrons. The van der Waals surface area contributed by atoms with Gasteiger partial charge >= 0.3 is 6.03 Å². The molecule has 2 amide bonds. The number of rotatable bonds is 6. The maximum absolute atomic E-state index is 12.9. The van der Waals surface area contributed by atoms with Crippen molar-refractivity contribution in [2.24, 2.45) is 5.92 Å². The second-order valence-corrected chi connectivity index (χ2v) is 7.50. The van der Waals surface area contributed by atoms with E-state index in [0.717, 1.165) is 69.5 Å². The van der Waals surface area contributed by atoms with Crippen molar-refractivity contribution in [2.45, 2.75) is 57.2 Å². The SMILES string of the molecule is O=C(NC1CCCc2c1cnn2CCO)N(CC1CCOC1)C1CC1. The predicted octanol–water partition coefficient (Wildman–Crippen LogP) is 1.46. The molecule has 1 saturated carbocycles. The number of hydrogen-bond acceptors (Lipinski definition) is 4. The van der Waals surface area contributed by atoms with Crippen LogP contribution < -0.4 is 5.32 Å². The number of carbonyl (C=O) groups is 1. The molecule has 1 aliphatic heterocycles. The van der Waals surface area contributed by atoms with Crippen LogP contribution in [-0.2, 0) is 17.7 Å². The Labute approximate surface area is 148 Å². The van der Waals surface area contributed by atoms with E-state index in [4.69, 9.17) is 4.74 Å². The van der Waals surface area contributed by atoms with Crippen LogP contribution >= 0.6 is 0 Å². The highest BCUT2D eigenvalue weighted by molar-refractivity contribution is 5.75. The smallest absolute Gasteiger partial charge is 0.318 e. The Hall–Kier alpha value is -1.60. The summed E-state index contributed by atoms with van der Waals surface area (Å²) in [4.78, 5) is 15.0. The van der Waals surface area contributed by atoms with Crippen LogP contribution in [0.2, 0.25) is 0 Å². The van der Waals surface area contributed by atoms with Gasteiger partial charge in [-0.2, -0.15) is 5.10 Å². The summed E-state index contributed by atoms with van der Waals surface area (Å²) in [6, 6.07) is 0.493. The van der Waals surface area contributed by atoms with Gasteiger partial charge in [-0.25, -0.2) is 4.79 Å². The van der Waals surface area contributed by atoms with Crippen LogP contribution in [-0.4, -0.2) is 58.2 Å². The van der Waals surface area contributed by atoms with Crippen LogP contribution in [0.3, 0.4) is 0 Å². The van der Waals surface area contributed by atoms with Gasteiger partial charge in [0.05, 0.1) is 32.0 Å². The first kappa shape index (κ1) is 16.8. The fourth-order valence-electron chi connectivity index (χ4n) is 4.08. The van der Waals surface area contributed by atoms with Crippen LogP contribution in [0.1, 0.15) is 49.4 Å². The number of aliphatic hydroxyl groups is 1. The number of ether oxygens (including phenoxy) is 1. The average Bonchev–Trinajstić information content (AvgIpc) is 3.15. The first-order valence-corrected chi connectivity index (χ1v) is 9.56. The highest BCUT2D eigenvalue weighted by Gasteiger charge is 2.36. The van der Waals surface area contributed by atoms with Crippen LogP contribution in [0.5, 0.6) is 0 Å². The average molecular weight is 348 g/mol. The summed E-state index contributed by atoms with van der Waals surface area (Å²) in [7, 11) is 0. The van der Waals surface area contributed by atoms with Crippen molar-refractivity contribution in [3.8, 4) is 0 Å². The van der Waals surface area contributed by atoms with Crippen LogP contribution in [0.4, 0.5) is 4.79 Å². The summed E-state index contributed by atoms with van der Waals surface area (Å²) in [5, 5.41) is 16.8. The van der Waals surface area contributed by atoms with Gasteiger partial charge in [0.1, 0.15) is 0 Å². The third-order valence-electron chi connectivity index (χ3n) is 5.60. The second-order valence-electron chi connectivity index (χ2n) is 7.50. The molecule has 7 heteroatoms. The van der Waals surface area contributed by atoms with Crippen molar-refractivity contribution < 1.29 is 14.6 Å². The minimum atomic E-state index is 0.0322. The quantitative estimate of drug-likeness (QED) is 0.816. The van der Waals surface area contributed by atoms with Gasteiger partial charge in [0.25, 0.3) is 0 Å². The molecule has 2 unspecified atom stereocenters. The van der Waals surface area contributed by atoms with Crippen molar-refractivity contribution in [3.05, 3.63) is 17.5 Å². The van der Waals surface area contributed by atoms with Gasteiger partial charge in [0, 0.05) is 36.4 Å². The lowest BCUT2D eigenvalue weighted by Crippen LogP contribution is -2.45. The van der Waals surface area contributed by atoms with E-state index in [1.165, 1.54) is 0 Å². The van der Waals surface area contributed by atoms with E-state index in [1.807, 2.05) is 15.8 Å². The van der Waals surface area contributed by atoms with E-state index in [-0.39, 0.29) is 18.7 Å². The van der Waals surface area contributed by atoms with E-state index in [0.29, 0.717) is 18.5 Å².